The van der Waals surface area contributed by atoms with E-state index in [4.69, 9.17) is 9.47 Å². The minimum absolute atomic E-state index is 0.132. The van der Waals surface area contributed by atoms with E-state index in [1.807, 2.05) is 24.3 Å². The van der Waals surface area contributed by atoms with Crippen molar-refractivity contribution in [3.8, 4) is 5.75 Å². The Hall–Kier alpha value is -1.79. The van der Waals surface area contributed by atoms with Gasteiger partial charge in [0, 0.05) is 24.4 Å². The van der Waals surface area contributed by atoms with E-state index in [1.165, 1.54) is 0 Å². The van der Waals surface area contributed by atoms with Crippen molar-refractivity contribution in [2.45, 2.75) is 56.8 Å². The maximum Gasteiger partial charge on any atom is 0.319 e. The van der Waals surface area contributed by atoms with Crippen LogP contribution in [0.25, 0.3) is 0 Å². The minimum Gasteiger partial charge on any atom is -0.491 e. The van der Waals surface area contributed by atoms with E-state index in [2.05, 4.69) is 10.6 Å². The number of anilines is 1. The number of rotatable bonds is 5. The molecule has 2 amide bonds. The molecule has 24 heavy (non-hydrogen) atoms. The number of carbonyl (C=O) groups excluding carboxylic acids is 1. The molecule has 0 spiro atoms. The van der Waals surface area contributed by atoms with Crippen molar-refractivity contribution < 1.29 is 19.4 Å². The third-order valence-corrected chi connectivity index (χ3v) is 4.58. The Morgan fingerprint density at radius 2 is 2.08 bits per heavy atom. The third kappa shape index (κ3) is 5.11. The largest absolute Gasteiger partial charge is 0.491 e. The second kappa shape index (κ2) is 8.35. The van der Waals surface area contributed by atoms with E-state index in [9.17, 15) is 9.90 Å². The normalized spacial score (nSPS) is 26.8. The minimum atomic E-state index is -0.219. The van der Waals surface area contributed by atoms with Crippen LogP contribution < -0.4 is 15.4 Å². The molecule has 1 saturated heterocycles. The molecule has 1 atom stereocenters. The van der Waals surface area contributed by atoms with Crippen molar-refractivity contribution in [3.05, 3.63) is 24.3 Å². The molecule has 2 aliphatic rings. The standard InChI is InChI=1S/C18H26N2O4/c21-15-8-6-13(7-9-15)19-18(22)20-14-3-1-4-16(11-14)24-12-17-5-2-10-23-17/h1,3-4,11,13,15,17,21H,2,5-10,12H2,(H2,19,20,22). The average molecular weight is 334 g/mol. The lowest BCUT2D eigenvalue weighted by atomic mass is 9.93. The summed E-state index contributed by atoms with van der Waals surface area (Å²) in [4.78, 5) is 12.1. The van der Waals surface area contributed by atoms with Crippen LogP contribution in [0.5, 0.6) is 5.75 Å². The van der Waals surface area contributed by atoms with Crippen molar-refractivity contribution in [3.63, 3.8) is 0 Å². The summed E-state index contributed by atoms with van der Waals surface area (Å²) >= 11 is 0. The summed E-state index contributed by atoms with van der Waals surface area (Å²) in [6.07, 6.45) is 5.22. The predicted molar refractivity (Wildman–Crippen MR) is 91.3 cm³/mol. The van der Waals surface area contributed by atoms with Crippen molar-refractivity contribution >= 4 is 11.7 Å². The molecule has 1 aliphatic carbocycles. The van der Waals surface area contributed by atoms with Gasteiger partial charge < -0.3 is 25.2 Å². The maximum absolute atomic E-state index is 12.1. The van der Waals surface area contributed by atoms with Crippen LogP contribution in [0.2, 0.25) is 0 Å². The van der Waals surface area contributed by atoms with Gasteiger partial charge in [0.15, 0.2) is 0 Å². The molecule has 3 N–H and O–H groups in total. The van der Waals surface area contributed by atoms with E-state index < -0.39 is 0 Å². The van der Waals surface area contributed by atoms with E-state index >= 15 is 0 Å². The highest BCUT2D eigenvalue weighted by atomic mass is 16.5. The van der Waals surface area contributed by atoms with Gasteiger partial charge in [-0.05, 0) is 50.7 Å². The summed E-state index contributed by atoms with van der Waals surface area (Å²) in [7, 11) is 0. The predicted octanol–water partition coefficient (Wildman–Crippen LogP) is 2.67. The first-order chi connectivity index (χ1) is 11.7. The second-order valence-corrected chi connectivity index (χ2v) is 6.58. The molecular weight excluding hydrogens is 308 g/mol. The summed E-state index contributed by atoms with van der Waals surface area (Å²) in [5.41, 5.74) is 0.702. The number of aliphatic hydroxyl groups is 1. The molecule has 1 saturated carbocycles. The number of hydrogen-bond acceptors (Lipinski definition) is 4. The number of aliphatic hydroxyl groups excluding tert-OH is 1. The van der Waals surface area contributed by atoms with Gasteiger partial charge in [-0.3, -0.25) is 0 Å². The smallest absolute Gasteiger partial charge is 0.319 e. The van der Waals surface area contributed by atoms with Gasteiger partial charge in [-0.25, -0.2) is 4.79 Å². The summed E-state index contributed by atoms with van der Waals surface area (Å²) in [5.74, 6) is 0.726. The Balaban J connectivity index is 1.45. The Kier molecular flexibility index (Phi) is 5.93. The maximum atomic E-state index is 12.1. The Labute approximate surface area is 142 Å². The molecule has 3 rings (SSSR count). The van der Waals surface area contributed by atoms with Crippen molar-refractivity contribution in [2.75, 3.05) is 18.5 Å². The zero-order valence-corrected chi connectivity index (χ0v) is 13.9. The molecule has 0 radical (unpaired) electrons. The number of urea groups is 1. The fourth-order valence-corrected chi connectivity index (χ4v) is 3.20. The topological polar surface area (TPSA) is 79.8 Å². The summed E-state index contributed by atoms with van der Waals surface area (Å²) < 4.78 is 11.3. The van der Waals surface area contributed by atoms with E-state index in [0.717, 1.165) is 50.9 Å². The Morgan fingerprint density at radius 3 is 2.83 bits per heavy atom. The molecule has 0 bridgehead atoms. The number of amides is 2. The number of hydrogen-bond donors (Lipinski definition) is 3. The molecule has 1 unspecified atom stereocenters. The zero-order valence-electron chi connectivity index (χ0n) is 13.9. The molecule has 1 heterocycles. The van der Waals surface area contributed by atoms with Crippen molar-refractivity contribution in [1.82, 2.24) is 5.32 Å². The van der Waals surface area contributed by atoms with Gasteiger partial charge in [0.2, 0.25) is 0 Å². The van der Waals surface area contributed by atoms with E-state index in [0.29, 0.717) is 12.3 Å². The molecule has 2 fully saturated rings. The lowest BCUT2D eigenvalue weighted by Crippen LogP contribution is -2.40. The average Bonchev–Trinajstić information content (AvgIpc) is 3.09. The van der Waals surface area contributed by atoms with Gasteiger partial charge >= 0.3 is 6.03 Å². The van der Waals surface area contributed by atoms with Gasteiger partial charge in [0.25, 0.3) is 0 Å². The molecule has 1 aromatic rings. The van der Waals surface area contributed by atoms with Crippen LogP contribution in [0.4, 0.5) is 10.5 Å². The Bertz CT molecular complexity index is 538. The van der Waals surface area contributed by atoms with Gasteiger partial charge in [0.05, 0.1) is 12.2 Å². The molecule has 6 heteroatoms. The first-order valence-electron chi connectivity index (χ1n) is 8.79. The van der Waals surface area contributed by atoms with Gasteiger partial charge in [-0.15, -0.1) is 0 Å². The van der Waals surface area contributed by atoms with E-state index in [1.54, 1.807) is 0 Å². The summed E-state index contributed by atoms with van der Waals surface area (Å²) in [5, 5.41) is 15.3. The van der Waals surface area contributed by atoms with Crippen molar-refractivity contribution in [2.24, 2.45) is 0 Å². The van der Waals surface area contributed by atoms with Crippen LogP contribution in [0.1, 0.15) is 38.5 Å². The molecule has 1 aromatic carbocycles. The Morgan fingerprint density at radius 1 is 1.25 bits per heavy atom. The summed E-state index contributed by atoms with van der Waals surface area (Å²) in [6.45, 7) is 1.36. The van der Waals surface area contributed by atoms with Crippen LogP contribution in [0, 0.1) is 0 Å². The van der Waals surface area contributed by atoms with Gasteiger partial charge in [0.1, 0.15) is 12.4 Å². The first-order valence-corrected chi connectivity index (χ1v) is 8.79. The number of ether oxygens (including phenoxy) is 2. The van der Waals surface area contributed by atoms with Crippen molar-refractivity contribution in [1.29, 1.82) is 0 Å². The van der Waals surface area contributed by atoms with Crippen LogP contribution in [-0.4, -0.2) is 42.6 Å². The molecule has 1 aliphatic heterocycles. The van der Waals surface area contributed by atoms with Gasteiger partial charge in [-0.1, -0.05) is 6.07 Å². The summed E-state index contributed by atoms with van der Waals surface area (Å²) in [6, 6.07) is 7.31. The van der Waals surface area contributed by atoms with Crippen LogP contribution in [-0.2, 0) is 4.74 Å². The second-order valence-electron chi connectivity index (χ2n) is 6.58. The number of benzene rings is 1. The highest BCUT2D eigenvalue weighted by molar-refractivity contribution is 5.89. The van der Waals surface area contributed by atoms with Crippen LogP contribution in [0.15, 0.2) is 24.3 Å². The lowest BCUT2D eigenvalue weighted by molar-refractivity contribution is 0.0680. The van der Waals surface area contributed by atoms with Crippen LogP contribution in [0.3, 0.4) is 0 Å². The fourth-order valence-electron chi connectivity index (χ4n) is 3.20. The first kappa shape index (κ1) is 17.0. The highest BCUT2D eigenvalue weighted by Crippen LogP contribution is 2.21. The third-order valence-electron chi connectivity index (χ3n) is 4.58. The number of carbonyl (C=O) groups is 1. The molecule has 132 valence electrons. The zero-order chi connectivity index (χ0) is 16.8. The molecule has 0 aromatic heterocycles. The van der Waals surface area contributed by atoms with Gasteiger partial charge in [-0.2, -0.15) is 0 Å². The number of nitrogens with one attached hydrogen (secondary N) is 2. The lowest BCUT2D eigenvalue weighted by Gasteiger charge is -2.26. The monoisotopic (exact) mass is 334 g/mol. The fraction of sp³-hybridized carbons (Fsp3) is 0.611. The molecular formula is C18H26N2O4. The van der Waals surface area contributed by atoms with E-state index in [-0.39, 0.29) is 24.3 Å². The highest BCUT2D eigenvalue weighted by Gasteiger charge is 2.21. The van der Waals surface area contributed by atoms with Crippen LogP contribution >= 0.6 is 0 Å². The quantitative estimate of drug-likeness (QED) is 0.773. The SMILES string of the molecule is O=C(Nc1cccc(OCC2CCCO2)c1)NC1CCC(O)CC1. The molecule has 6 nitrogen and oxygen atoms in total.